The van der Waals surface area contributed by atoms with Crippen molar-refractivity contribution in [3.8, 4) is 0 Å². The van der Waals surface area contributed by atoms with Gasteiger partial charge in [-0.3, -0.25) is 0 Å². The molecule has 1 aliphatic carbocycles. The second-order valence-corrected chi connectivity index (χ2v) is 5.77. The Hall–Kier alpha value is -0.0400. The minimum absolute atomic E-state index is 0.837. The Balaban J connectivity index is 2.06. The van der Waals surface area contributed by atoms with Crippen LogP contribution in [0.15, 0.2) is 0 Å². The molecule has 0 bridgehead atoms. The Bertz CT molecular complexity index is 165. The first kappa shape index (κ1) is 15.0. The van der Waals surface area contributed by atoms with Crippen LogP contribution in [-0.2, 0) is 0 Å². The van der Waals surface area contributed by atoms with Crippen LogP contribution < -0.4 is 5.32 Å². The first-order valence-electron chi connectivity index (χ1n) is 8.11. The summed E-state index contributed by atoms with van der Waals surface area (Å²) >= 11 is 0. The highest BCUT2D eigenvalue weighted by Gasteiger charge is 2.23. The van der Waals surface area contributed by atoms with Gasteiger partial charge in [0.25, 0.3) is 0 Å². The summed E-state index contributed by atoms with van der Waals surface area (Å²) in [4.78, 5) is 0. The van der Waals surface area contributed by atoms with E-state index in [4.69, 9.17) is 0 Å². The van der Waals surface area contributed by atoms with Crippen LogP contribution in [-0.4, -0.2) is 12.6 Å². The highest BCUT2D eigenvalue weighted by Crippen LogP contribution is 2.28. The summed E-state index contributed by atoms with van der Waals surface area (Å²) in [6, 6.07) is 0.837. The van der Waals surface area contributed by atoms with Crippen LogP contribution in [0.3, 0.4) is 0 Å². The van der Waals surface area contributed by atoms with Gasteiger partial charge in [-0.1, -0.05) is 65.2 Å². The number of hydrogen-bond donors (Lipinski definition) is 1. The second-order valence-electron chi connectivity index (χ2n) is 5.77. The van der Waals surface area contributed by atoms with E-state index < -0.39 is 0 Å². The molecule has 0 amide bonds. The Kier molecular flexibility index (Phi) is 8.78. The maximum atomic E-state index is 3.70. The first-order chi connectivity index (χ1) is 8.38. The van der Waals surface area contributed by atoms with E-state index in [1.165, 1.54) is 70.6 Å². The van der Waals surface area contributed by atoms with Gasteiger partial charge in [-0.25, -0.2) is 0 Å². The lowest BCUT2D eigenvalue weighted by atomic mass is 9.81. The molecule has 1 N–H and O–H groups in total. The largest absolute Gasteiger partial charge is 0.314 e. The molecule has 1 nitrogen and oxygen atoms in total. The molecule has 1 rings (SSSR count). The molecule has 0 saturated heterocycles. The number of nitrogens with one attached hydrogen (secondary N) is 1. The van der Waals surface area contributed by atoms with E-state index >= 15 is 0 Å². The van der Waals surface area contributed by atoms with Crippen molar-refractivity contribution in [3.05, 3.63) is 0 Å². The van der Waals surface area contributed by atoms with E-state index in [2.05, 4.69) is 19.2 Å². The van der Waals surface area contributed by atoms with E-state index in [9.17, 15) is 0 Å². The molecule has 1 saturated carbocycles. The van der Waals surface area contributed by atoms with Crippen LogP contribution in [0.2, 0.25) is 0 Å². The lowest BCUT2D eigenvalue weighted by molar-refractivity contribution is 0.246. The SMILES string of the molecule is CCCCCCCCC1CCCCC1NCC. The van der Waals surface area contributed by atoms with Crippen molar-refractivity contribution in [2.24, 2.45) is 5.92 Å². The Morgan fingerprint density at radius 2 is 1.59 bits per heavy atom. The standard InChI is InChI=1S/C16H33N/c1-3-5-6-7-8-9-12-15-13-10-11-14-16(15)17-4-2/h15-17H,3-14H2,1-2H3. The van der Waals surface area contributed by atoms with Crippen LogP contribution in [0.5, 0.6) is 0 Å². The van der Waals surface area contributed by atoms with Crippen LogP contribution >= 0.6 is 0 Å². The number of rotatable bonds is 9. The third-order valence-electron chi connectivity index (χ3n) is 4.30. The average Bonchev–Trinajstić information content (AvgIpc) is 2.36. The van der Waals surface area contributed by atoms with Crippen molar-refractivity contribution in [1.82, 2.24) is 5.32 Å². The molecule has 0 aromatic heterocycles. The van der Waals surface area contributed by atoms with Crippen molar-refractivity contribution in [2.75, 3.05) is 6.54 Å². The molecule has 1 heteroatoms. The quantitative estimate of drug-likeness (QED) is 0.564. The highest BCUT2D eigenvalue weighted by atomic mass is 14.9. The van der Waals surface area contributed by atoms with Gasteiger partial charge in [0, 0.05) is 6.04 Å². The minimum Gasteiger partial charge on any atom is -0.314 e. The normalized spacial score (nSPS) is 25.1. The summed E-state index contributed by atoms with van der Waals surface area (Å²) in [6.07, 6.45) is 16.0. The fourth-order valence-corrected chi connectivity index (χ4v) is 3.27. The zero-order valence-electron chi connectivity index (χ0n) is 12.1. The van der Waals surface area contributed by atoms with Gasteiger partial charge in [-0.15, -0.1) is 0 Å². The van der Waals surface area contributed by atoms with Crippen molar-refractivity contribution in [2.45, 2.75) is 90.5 Å². The predicted molar refractivity (Wildman–Crippen MR) is 77.4 cm³/mol. The molecule has 1 aliphatic rings. The van der Waals surface area contributed by atoms with Gasteiger partial charge in [0.05, 0.1) is 0 Å². The average molecular weight is 239 g/mol. The van der Waals surface area contributed by atoms with Gasteiger partial charge >= 0.3 is 0 Å². The smallest absolute Gasteiger partial charge is 0.00952 e. The summed E-state index contributed by atoms with van der Waals surface area (Å²) in [5.41, 5.74) is 0. The molecular formula is C16H33N. The van der Waals surface area contributed by atoms with Gasteiger partial charge < -0.3 is 5.32 Å². The second kappa shape index (κ2) is 9.94. The van der Waals surface area contributed by atoms with Crippen molar-refractivity contribution in [3.63, 3.8) is 0 Å². The summed E-state index contributed by atoms with van der Waals surface area (Å²) in [7, 11) is 0. The molecule has 0 radical (unpaired) electrons. The summed E-state index contributed by atoms with van der Waals surface area (Å²) < 4.78 is 0. The maximum Gasteiger partial charge on any atom is 0.00952 e. The molecule has 17 heavy (non-hydrogen) atoms. The van der Waals surface area contributed by atoms with Gasteiger partial charge in [0.2, 0.25) is 0 Å². The Labute approximate surface area is 109 Å². The van der Waals surface area contributed by atoms with E-state index in [0.717, 1.165) is 18.5 Å². The van der Waals surface area contributed by atoms with Crippen molar-refractivity contribution in [1.29, 1.82) is 0 Å². The topological polar surface area (TPSA) is 12.0 Å². The van der Waals surface area contributed by atoms with Gasteiger partial charge in [-0.2, -0.15) is 0 Å². The molecule has 0 spiro atoms. The van der Waals surface area contributed by atoms with Crippen molar-refractivity contribution < 1.29 is 0 Å². The molecule has 1 fully saturated rings. The molecule has 2 atom stereocenters. The monoisotopic (exact) mass is 239 g/mol. The van der Waals surface area contributed by atoms with E-state index in [1.807, 2.05) is 0 Å². The van der Waals surface area contributed by atoms with Crippen LogP contribution in [0.4, 0.5) is 0 Å². The summed E-state index contributed by atoms with van der Waals surface area (Å²) in [6.45, 7) is 5.69. The number of hydrogen-bond acceptors (Lipinski definition) is 1. The third kappa shape index (κ3) is 6.45. The zero-order chi connectivity index (χ0) is 12.3. The number of unbranched alkanes of at least 4 members (excludes halogenated alkanes) is 5. The lowest BCUT2D eigenvalue weighted by Gasteiger charge is -2.32. The molecule has 0 aromatic rings. The minimum atomic E-state index is 0.837. The molecule has 0 aliphatic heterocycles. The molecule has 102 valence electrons. The summed E-state index contributed by atoms with van der Waals surface area (Å²) in [5.74, 6) is 0.981. The molecule has 0 aromatic carbocycles. The maximum absolute atomic E-state index is 3.70. The van der Waals surface area contributed by atoms with E-state index in [1.54, 1.807) is 0 Å². The fraction of sp³-hybridized carbons (Fsp3) is 1.00. The first-order valence-corrected chi connectivity index (χ1v) is 8.11. The highest BCUT2D eigenvalue weighted by molar-refractivity contribution is 4.80. The third-order valence-corrected chi connectivity index (χ3v) is 4.30. The summed E-state index contributed by atoms with van der Waals surface area (Å²) in [5, 5.41) is 3.70. The predicted octanol–water partition coefficient (Wildman–Crippen LogP) is 4.91. The van der Waals surface area contributed by atoms with Crippen LogP contribution in [0, 0.1) is 5.92 Å². The van der Waals surface area contributed by atoms with Crippen LogP contribution in [0.25, 0.3) is 0 Å². The van der Waals surface area contributed by atoms with Gasteiger partial charge in [0.1, 0.15) is 0 Å². The fourth-order valence-electron chi connectivity index (χ4n) is 3.27. The lowest BCUT2D eigenvalue weighted by Crippen LogP contribution is -2.38. The van der Waals surface area contributed by atoms with E-state index in [-0.39, 0.29) is 0 Å². The Morgan fingerprint density at radius 1 is 0.882 bits per heavy atom. The van der Waals surface area contributed by atoms with E-state index in [0.29, 0.717) is 0 Å². The molecule has 2 unspecified atom stereocenters. The van der Waals surface area contributed by atoms with Gasteiger partial charge in [-0.05, 0) is 31.7 Å². The molecule has 0 heterocycles. The molecular weight excluding hydrogens is 206 g/mol. The van der Waals surface area contributed by atoms with Crippen LogP contribution in [0.1, 0.15) is 84.5 Å². The zero-order valence-corrected chi connectivity index (χ0v) is 12.1. The van der Waals surface area contributed by atoms with Gasteiger partial charge in [0.15, 0.2) is 0 Å². The van der Waals surface area contributed by atoms with Crippen molar-refractivity contribution >= 4 is 0 Å². The Morgan fingerprint density at radius 3 is 2.35 bits per heavy atom.